The SMILES string of the molecule is COc1cc([C@@H]2NC(=S)N[C@@](O)(C(F)(F)F)[C@H]2C(=O)c2cccs2)ccc1OCc1ccccc1. The number of nitrogens with one attached hydrogen (secondary N) is 2. The predicted molar refractivity (Wildman–Crippen MR) is 129 cm³/mol. The van der Waals surface area contributed by atoms with Gasteiger partial charge in [0.1, 0.15) is 12.5 Å². The number of halogens is 3. The third kappa shape index (κ3) is 4.97. The number of aliphatic hydroxyl groups is 1. The van der Waals surface area contributed by atoms with E-state index in [0.717, 1.165) is 16.9 Å². The summed E-state index contributed by atoms with van der Waals surface area (Å²) in [7, 11) is 1.40. The number of carbonyl (C=O) groups is 1. The van der Waals surface area contributed by atoms with Crippen LogP contribution in [-0.2, 0) is 6.61 Å². The Balaban J connectivity index is 1.72. The van der Waals surface area contributed by atoms with E-state index in [1.807, 2.05) is 35.6 Å². The van der Waals surface area contributed by atoms with Crippen LogP contribution in [-0.4, -0.2) is 35.0 Å². The van der Waals surface area contributed by atoms with Gasteiger partial charge >= 0.3 is 6.18 Å². The second-order valence-electron chi connectivity index (χ2n) is 7.84. The van der Waals surface area contributed by atoms with Crippen molar-refractivity contribution in [1.29, 1.82) is 0 Å². The second-order valence-corrected chi connectivity index (χ2v) is 9.20. The van der Waals surface area contributed by atoms with Crippen molar-refractivity contribution in [2.45, 2.75) is 24.6 Å². The Morgan fingerprint density at radius 1 is 1.14 bits per heavy atom. The molecule has 0 bridgehead atoms. The van der Waals surface area contributed by atoms with Crippen molar-refractivity contribution in [2.75, 3.05) is 7.11 Å². The smallest absolute Gasteiger partial charge is 0.437 e. The van der Waals surface area contributed by atoms with Crippen molar-refractivity contribution < 1.29 is 32.5 Å². The van der Waals surface area contributed by atoms with Crippen molar-refractivity contribution in [3.05, 3.63) is 82.0 Å². The van der Waals surface area contributed by atoms with Crippen LogP contribution < -0.4 is 20.1 Å². The first kappa shape index (κ1) is 25.0. The Morgan fingerprint density at radius 3 is 2.51 bits per heavy atom. The van der Waals surface area contributed by atoms with Crippen molar-refractivity contribution in [1.82, 2.24) is 10.6 Å². The van der Waals surface area contributed by atoms with Crippen LogP contribution in [0, 0.1) is 5.92 Å². The van der Waals surface area contributed by atoms with Gasteiger partial charge in [-0.25, -0.2) is 0 Å². The van der Waals surface area contributed by atoms with E-state index >= 15 is 0 Å². The molecule has 0 saturated carbocycles. The van der Waals surface area contributed by atoms with E-state index in [9.17, 15) is 23.1 Å². The molecule has 2 aromatic carbocycles. The number of thiocarbonyl (C=S) groups is 1. The molecule has 3 N–H and O–H groups in total. The standard InChI is InChI=1S/C24H21F3N2O4S2/c1-32-17-12-15(9-10-16(17)33-13-14-6-3-2-4-7-14)20-19(21(30)18-8-5-11-35-18)23(31,24(25,26)27)29-22(34)28-20/h2-12,19-20,31H,13H2,1H3,(H2,28,29,34)/t19-,20+,23+/m1/s1. The first-order valence-electron chi connectivity index (χ1n) is 10.4. The van der Waals surface area contributed by atoms with Gasteiger partial charge in [-0.2, -0.15) is 13.2 Å². The maximum Gasteiger partial charge on any atom is 0.437 e. The number of carbonyl (C=O) groups excluding carboxylic acids is 1. The fourth-order valence-corrected chi connectivity index (χ4v) is 4.91. The maximum atomic E-state index is 14.1. The molecule has 4 rings (SSSR count). The summed E-state index contributed by atoms with van der Waals surface area (Å²) in [6.45, 7) is 0.250. The summed E-state index contributed by atoms with van der Waals surface area (Å²) >= 11 is 5.96. The van der Waals surface area contributed by atoms with Crippen LogP contribution in [0.3, 0.4) is 0 Å². The van der Waals surface area contributed by atoms with Gasteiger partial charge in [0.15, 0.2) is 22.4 Å². The lowest BCUT2D eigenvalue weighted by atomic mass is 9.78. The quantitative estimate of drug-likeness (QED) is 0.309. The highest BCUT2D eigenvalue weighted by molar-refractivity contribution is 7.80. The minimum Gasteiger partial charge on any atom is -0.493 e. The van der Waals surface area contributed by atoms with E-state index in [1.54, 1.807) is 17.5 Å². The lowest BCUT2D eigenvalue weighted by Gasteiger charge is -2.46. The summed E-state index contributed by atoms with van der Waals surface area (Å²) in [5.41, 5.74) is -2.41. The molecule has 0 spiro atoms. The minimum atomic E-state index is -5.20. The molecule has 0 unspecified atom stereocenters. The van der Waals surface area contributed by atoms with Gasteiger partial charge in [0.05, 0.1) is 18.0 Å². The van der Waals surface area contributed by atoms with Gasteiger partial charge in [0.2, 0.25) is 5.72 Å². The summed E-state index contributed by atoms with van der Waals surface area (Å²) in [5.74, 6) is -2.24. The number of ketones is 1. The molecule has 1 aromatic heterocycles. The second kappa shape index (κ2) is 9.84. The molecule has 3 atom stereocenters. The van der Waals surface area contributed by atoms with Crippen molar-refractivity contribution in [2.24, 2.45) is 5.92 Å². The Hall–Kier alpha value is -3.15. The molecule has 2 heterocycles. The monoisotopic (exact) mass is 522 g/mol. The van der Waals surface area contributed by atoms with Crippen LogP contribution in [0.25, 0.3) is 0 Å². The van der Waals surface area contributed by atoms with Crippen LogP contribution in [0.5, 0.6) is 11.5 Å². The van der Waals surface area contributed by atoms with Crippen molar-refractivity contribution >= 4 is 34.5 Å². The molecule has 1 aliphatic rings. The Bertz CT molecular complexity index is 1210. The molecule has 184 valence electrons. The van der Waals surface area contributed by atoms with E-state index < -0.39 is 34.8 Å². The molecule has 1 saturated heterocycles. The molecular formula is C24H21F3N2O4S2. The number of Topliss-reactive ketones (excluding diaryl/α,β-unsaturated/α-hetero) is 1. The van der Waals surface area contributed by atoms with E-state index in [2.05, 4.69) is 5.32 Å². The number of rotatable bonds is 7. The number of hydrogen-bond donors (Lipinski definition) is 3. The average molecular weight is 523 g/mol. The van der Waals surface area contributed by atoms with Crippen molar-refractivity contribution in [3.63, 3.8) is 0 Å². The zero-order chi connectivity index (χ0) is 25.2. The average Bonchev–Trinajstić information content (AvgIpc) is 3.37. The molecule has 1 aliphatic heterocycles. The first-order valence-corrected chi connectivity index (χ1v) is 11.7. The van der Waals surface area contributed by atoms with E-state index in [0.29, 0.717) is 5.75 Å². The lowest BCUT2D eigenvalue weighted by Crippen LogP contribution is -2.72. The van der Waals surface area contributed by atoms with E-state index in [-0.39, 0.29) is 22.8 Å². The van der Waals surface area contributed by atoms with Gasteiger partial charge in [0, 0.05) is 0 Å². The minimum absolute atomic E-state index is 0.0777. The molecule has 0 aliphatic carbocycles. The van der Waals surface area contributed by atoms with Gasteiger partial charge in [-0.05, 0) is 46.9 Å². The van der Waals surface area contributed by atoms with Gasteiger partial charge in [0.25, 0.3) is 0 Å². The van der Waals surface area contributed by atoms with E-state index in [4.69, 9.17) is 21.7 Å². The topological polar surface area (TPSA) is 79.8 Å². The van der Waals surface area contributed by atoms with Crippen LogP contribution in [0.2, 0.25) is 0 Å². The van der Waals surface area contributed by atoms with Crippen LogP contribution in [0.15, 0.2) is 66.0 Å². The molecule has 6 nitrogen and oxygen atoms in total. The zero-order valence-corrected chi connectivity index (χ0v) is 20.0. The molecule has 35 heavy (non-hydrogen) atoms. The van der Waals surface area contributed by atoms with Crippen LogP contribution in [0.1, 0.15) is 26.8 Å². The highest BCUT2D eigenvalue weighted by Crippen LogP contribution is 2.45. The molecular weight excluding hydrogens is 501 g/mol. The summed E-state index contributed by atoms with van der Waals surface area (Å²) in [6, 6.07) is 15.6. The Morgan fingerprint density at radius 2 is 1.89 bits per heavy atom. The lowest BCUT2D eigenvalue weighted by molar-refractivity contribution is -0.285. The molecule has 0 amide bonds. The van der Waals surface area contributed by atoms with Crippen molar-refractivity contribution in [3.8, 4) is 11.5 Å². The third-order valence-corrected chi connectivity index (χ3v) is 6.74. The Kier molecular flexibility index (Phi) is 7.02. The molecule has 3 aromatic rings. The van der Waals surface area contributed by atoms with Crippen LogP contribution in [0.4, 0.5) is 13.2 Å². The van der Waals surface area contributed by atoms with Gasteiger partial charge in [-0.1, -0.05) is 42.5 Å². The summed E-state index contributed by atoms with van der Waals surface area (Å²) in [4.78, 5) is 13.3. The number of thiophene rings is 1. The number of hydrogen-bond acceptors (Lipinski definition) is 6. The normalized spacial score (nSPS) is 22.1. The summed E-state index contributed by atoms with van der Waals surface area (Å²) < 4.78 is 53.6. The van der Waals surface area contributed by atoms with Gasteiger partial charge in [-0.15, -0.1) is 11.3 Å². The highest BCUT2D eigenvalue weighted by Gasteiger charge is 2.65. The summed E-state index contributed by atoms with van der Waals surface area (Å²) in [6.07, 6.45) is -5.20. The highest BCUT2D eigenvalue weighted by atomic mass is 32.1. The largest absolute Gasteiger partial charge is 0.493 e. The fourth-order valence-electron chi connectivity index (χ4n) is 3.92. The van der Waals surface area contributed by atoms with E-state index in [1.165, 1.54) is 25.3 Å². The van der Waals surface area contributed by atoms with Gasteiger partial charge in [-0.3, -0.25) is 4.79 Å². The molecule has 0 radical (unpaired) electrons. The predicted octanol–water partition coefficient (Wildman–Crippen LogP) is 4.60. The first-order chi connectivity index (χ1) is 16.6. The number of ether oxygens (including phenoxy) is 2. The Labute approximate surface area is 208 Å². The fraction of sp³-hybridized carbons (Fsp3) is 0.250. The third-order valence-electron chi connectivity index (χ3n) is 5.64. The summed E-state index contributed by atoms with van der Waals surface area (Å²) in [5, 5.41) is 16.5. The number of methoxy groups -OCH3 is 1. The number of benzene rings is 2. The number of alkyl halides is 3. The maximum absolute atomic E-state index is 14.1. The zero-order valence-electron chi connectivity index (χ0n) is 18.3. The molecule has 11 heteroatoms. The molecule has 1 fully saturated rings. The van der Waals surface area contributed by atoms with Crippen LogP contribution >= 0.6 is 23.6 Å². The van der Waals surface area contributed by atoms with Gasteiger partial charge < -0.3 is 25.2 Å².